The van der Waals surface area contributed by atoms with E-state index in [9.17, 15) is 4.79 Å². The van der Waals surface area contributed by atoms with Crippen LogP contribution in [-0.4, -0.2) is 31.5 Å². The highest BCUT2D eigenvalue weighted by atomic mass is 16.1. The Labute approximate surface area is 112 Å². The molecule has 0 atom stereocenters. The molecule has 0 spiro atoms. The lowest BCUT2D eigenvalue weighted by molar-refractivity contribution is -0.120. The van der Waals surface area contributed by atoms with Gasteiger partial charge in [0.05, 0.1) is 0 Å². The molecule has 1 heterocycles. The predicted molar refractivity (Wildman–Crippen MR) is 78.1 cm³/mol. The fourth-order valence-corrected chi connectivity index (χ4v) is 2.05. The number of carbonyl (C=O) groups excluding carboxylic acids is 1. The maximum Gasteiger partial charge on any atom is 0.221 e. The molecule has 0 radical (unpaired) electrons. The van der Waals surface area contributed by atoms with Crippen molar-refractivity contribution in [1.29, 1.82) is 0 Å². The second-order valence-corrected chi connectivity index (χ2v) is 4.44. The van der Waals surface area contributed by atoms with Crippen LogP contribution in [0.2, 0.25) is 0 Å². The molecule has 0 unspecified atom stereocenters. The molecule has 1 amide bonds. The van der Waals surface area contributed by atoms with Crippen molar-refractivity contribution >= 4 is 28.1 Å². The van der Waals surface area contributed by atoms with E-state index >= 15 is 0 Å². The molecule has 5 nitrogen and oxygen atoms in total. The highest BCUT2D eigenvalue weighted by Crippen LogP contribution is 2.29. The number of nitrogens with one attached hydrogen (secondary N) is 1. The Morgan fingerprint density at radius 3 is 2.89 bits per heavy atom. The number of aromatic nitrogens is 1. The lowest BCUT2D eigenvalue weighted by Crippen LogP contribution is -2.26. The quantitative estimate of drug-likeness (QED) is 0.813. The van der Waals surface area contributed by atoms with Crippen LogP contribution in [-0.2, 0) is 4.79 Å². The Bertz CT molecular complexity index is 597. The molecule has 0 aliphatic rings. The summed E-state index contributed by atoms with van der Waals surface area (Å²) in [6, 6.07) is 5.75. The summed E-state index contributed by atoms with van der Waals surface area (Å²) in [5.74, 6) is 0.0322. The number of hydrogen-bond donors (Lipinski definition) is 2. The maximum atomic E-state index is 11.3. The zero-order chi connectivity index (χ0) is 13.8. The molecule has 1 aromatic heterocycles. The topological polar surface area (TPSA) is 71.2 Å². The molecule has 1 aromatic carbocycles. The van der Waals surface area contributed by atoms with Crippen molar-refractivity contribution in [2.45, 2.75) is 6.42 Å². The number of fused-ring (bicyclic) bond motifs is 1. The van der Waals surface area contributed by atoms with Crippen molar-refractivity contribution in [2.75, 3.05) is 31.3 Å². The standard InChI is InChI=1S/C14H18N4O/c1-16-14(19)6-8-18(2)13-4-3-12(15)10-5-7-17-9-11(10)13/h3-5,7,9H,6,8,15H2,1-2H3,(H,16,19). The van der Waals surface area contributed by atoms with Crippen LogP contribution in [0.4, 0.5) is 11.4 Å². The van der Waals surface area contributed by atoms with Crippen molar-refractivity contribution in [3.05, 3.63) is 30.6 Å². The lowest BCUT2D eigenvalue weighted by atomic mass is 10.1. The summed E-state index contributed by atoms with van der Waals surface area (Å²) in [4.78, 5) is 17.5. The summed E-state index contributed by atoms with van der Waals surface area (Å²) in [7, 11) is 3.60. The number of nitrogens with two attached hydrogens (primary N) is 1. The first-order valence-electron chi connectivity index (χ1n) is 6.17. The zero-order valence-electron chi connectivity index (χ0n) is 11.2. The second-order valence-electron chi connectivity index (χ2n) is 4.44. The van der Waals surface area contributed by atoms with Gasteiger partial charge in [0.2, 0.25) is 5.91 Å². The van der Waals surface area contributed by atoms with E-state index < -0.39 is 0 Å². The van der Waals surface area contributed by atoms with Gasteiger partial charge in [-0.15, -0.1) is 0 Å². The van der Waals surface area contributed by atoms with Crippen molar-refractivity contribution in [1.82, 2.24) is 10.3 Å². The molecule has 5 heteroatoms. The highest BCUT2D eigenvalue weighted by molar-refractivity contribution is 6.00. The van der Waals surface area contributed by atoms with Gasteiger partial charge in [-0.05, 0) is 18.2 Å². The first kappa shape index (κ1) is 13.1. The number of hydrogen-bond acceptors (Lipinski definition) is 4. The summed E-state index contributed by atoms with van der Waals surface area (Å²) >= 11 is 0. The van der Waals surface area contributed by atoms with Crippen LogP contribution in [0, 0.1) is 0 Å². The minimum Gasteiger partial charge on any atom is -0.398 e. The first-order chi connectivity index (χ1) is 9.13. The van der Waals surface area contributed by atoms with Gasteiger partial charge in [0.1, 0.15) is 0 Å². The van der Waals surface area contributed by atoms with Gasteiger partial charge in [-0.1, -0.05) is 0 Å². The van der Waals surface area contributed by atoms with E-state index in [1.165, 1.54) is 0 Å². The van der Waals surface area contributed by atoms with Crippen LogP contribution < -0.4 is 16.0 Å². The molecule has 19 heavy (non-hydrogen) atoms. The van der Waals surface area contributed by atoms with Crippen molar-refractivity contribution in [3.63, 3.8) is 0 Å². The van der Waals surface area contributed by atoms with Crippen LogP contribution in [0.25, 0.3) is 10.8 Å². The summed E-state index contributed by atoms with van der Waals surface area (Å²) < 4.78 is 0. The summed E-state index contributed by atoms with van der Waals surface area (Å²) in [5.41, 5.74) is 7.72. The molecule has 0 saturated carbocycles. The fraction of sp³-hybridized carbons (Fsp3) is 0.286. The molecule has 0 aliphatic heterocycles. The molecule has 0 fully saturated rings. The first-order valence-corrected chi connectivity index (χ1v) is 6.17. The minimum absolute atomic E-state index is 0.0322. The molecule has 0 aliphatic carbocycles. The van der Waals surface area contributed by atoms with Crippen LogP contribution >= 0.6 is 0 Å². The minimum atomic E-state index is 0.0322. The average molecular weight is 258 g/mol. The molecule has 2 aromatic rings. The number of rotatable bonds is 4. The van der Waals surface area contributed by atoms with Gasteiger partial charge in [-0.2, -0.15) is 0 Å². The van der Waals surface area contributed by atoms with Gasteiger partial charge in [0.15, 0.2) is 0 Å². The lowest BCUT2D eigenvalue weighted by Gasteiger charge is -2.21. The van der Waals surface area contributed by atoms with E-state index in [1.807, 2.05) is 30.1 Å². The van der Waals surface area contributed by atoms with Gasteiger partial charge in [-0.25, -0.2) is 0 Å². The van der Waals surface area contributed by atoms with Crippen LogP contribution in [0.5, 0.6) is 0 Å². The Morgan fingerprint density at radius 2 is 2.16 bits per heavy atom. The third-order valence-corrected chi connectivity index (χ3v) is 3.19. The Balaban J connectivity index is 2.29. The molecule has 0 bridgehead atoms. The third kappa shape index (κ3) is 2.76. The molecule has 2 rings (SSSR count). The van der Waals surface area contributed by atoms with Crippen molar-refractivity contribution < 1.29 is 4.79 Å². The summed E-state index contributed by atoms with van der Waals surface area (Å²) in [6.45, 7) is 0.646. The molecular weight excluding hydrogens is 240 g/mol. The largest absolute Gasteiger partial charge is 0.398 e. The Hall–Kier alpha value is -2.30. The number of nitrogen functional groups attached to an aromatic ring is 1. The Kier molecular flexibility index (Phi) is 3.85. The molecule has 0 saturated heterocycles. The maximum absolute atomic E-state index is 11.3. The Morgan fingerprint density at radius 1 is 1.37 bits per heavy atom. The van der Waals surface area contributed by atoms with E-state index in [4.69, 9.17) is 5.73 Å². The zero-order valence-corrected chi connectivity index (χ0v) is 11.2. The fourth-order valence-electron chi connectivity index (χ4n) is 2.05. The summed E-state index contributed by atoms with van der Waals surface area (Å²) in [6.07, 6.45) is 3.99. The molecule has 100 valence electrons. The number of benzene rings is 1. The normalized spacial score (nSPS) is 10.4. The van der Waals surface area contributed by atoms with E-state index in [0.717, 1.165) is 22.1 Å². The van der Waals surface area contributed by atoms with Gasteiger partial charge in [0.25, 0.3) is 0 Å². The van der Waals surface area contributed by atoms with Gasteiger partial charge in [0, 0.05) is 61.6 Å². The van der Waals surface area contributed by atoms with E-state index in [1.54, 1.807) is 19.4 Å². The third-order valence-electron chi connectivity index (χ3n) is 3.19. The van der Waals surface area contributed by atoms with E-state index in [2.05, 4.69) is 10.3 Å². The molecular formula is C14H18N4O. The van der Waals surface area contributed by atoms with Gasteiger partial charge >= 0.3 is 0 Å². The van der Waals surface area contributed by atoms with Crippen molar-refractivity contribution in [2.24, 2.45) is 0 Å². The highest BCUT2D eigenvalue weighted by Gasteiger charge is 2.09. The van der Waals surface area contributed by atoms with Crippen LogP contribution in [0.3, 0.4) is 0 Å². The van der Waals surface area contributed by atoms with Gasteiger partial charge < -0.3 is 16.0 Å². The van der Waals surface area contributed by atoms with Crippen molar-refractivity contribution in [3.8, 4) is 0 Å². The second kappa shape index (κ2) is 5.56. The van der Waals surface area contributed by atoms with E-state index in [-0.39, 0.29) is 5.91 Å². The molecule has 3 N–H and O–H groups in total. The van der Waals surface area contributed by atoms with Gasteiger partial charge in [-0.3, -0.25) is 9.78 Å². The number of anilines is 2. The van der Waals surface area contributed by atoms with E-state index in [0.29, 0.717) is 13.0 Å². The number of nitrogens with zero attached hydrogens (tertiary/aromatic N) is 2. The average Bonchev–Trinajstić information content (AvgIpc) is 2.45. The monoisotopic (exact) mass is 258 g/mol. The number of carbonyl (C=O) groups is 1. The number of pyridine rings is 1. The number of amides is 1. The van der Waals surface area contributed by atoms with Crippen LogP contribution in [0.15, 0.2) is 30.6 Å². The summed E-state index contributed by atoms with van der Waals surface area (Å²) in [5, 5.41) is 4.61. The SMILES string of the molecule is CNC(=O)CCN(C)c1ccc(N)c2ccncc12. The smallest absolute Gasteiger partial charge is 0.221 e. The predicted octanol–water partition coefficient (Wildman–Crippen LogP) is 1.39. The van der Waals surface area contributed by atoms with Crippen LogP contribution in [0.1, 0.15) is 6.42 Å².